The predicted octanol–water partition coefficient (Wildman–Crippen LogP) is 2.39. The van der Waals surface area contributed by atoms with Gasteiger partial charge in [-0.05, 0) is 32.3 Å². The minimum absolute atomic E-state index is 0.110. The van der Waals surface area contributed by atoms with Crippen molar-refractivity contribution in [3.63, 3.8) is 0 Å². The maximum atomic E-state index is 6.20. The Morgan fingerprint density at radius 2 is 1.88 bits per heavy atom. The summed E-state index contributed by atoms with van der Waals surface area (Å²) in [4.78, 5) is 2.47. The van der Waals surface area contributed by atoms with Crippen LogP contribution in [0.1, 0.15) is 32.3 Å². The summed E-state index contributed by atoms with van der Waals surface area (Å²) in [5.74, 6) is 0. The topological polar surface area (TPSA) is 29.3 Å². The first-order valence-corrected chi connectivity index (χ1v) is 6.16. The van der Waals surface area contributed by atoms with E-state index in [1.54, 1.807) is 0 Å². The third-order valence-electron chi connectivity index (χ3n) is 3.37. The van der Waals surface area contributed by atoms with E-state index in [9.17, 15) is 0 Å². The van der Waals surface area contributed by atoms with Gasteiger partial charge in [0, 0.05) is 24.7 Å². The molecule has 0 radical (unpaired) electrons. The molecule has 0 aliphatic heterocycles. The van der Waals surface area contributed by atoms with Gasteiger partial charge in [0.25, 0.3) is 0 Å². The van der Waals surface area contributed by atoms with Crippen LogP contribution < -0.4 is 5.73 Å². The molecule has 0 spiro atoms. The molecule has 16 heavy (non-hydrogen) atoms. The van der Waals surface area contributed by atoms with Gasteiger partial charge in [0.1, 0.15) is 0 Å². The zero-order chi connectivity index (χ0) is 11.6. The van der Waals surface area contributed by atoms with Crippen molar-refractivity contribution in [1.82, 2.24) is 4.90 Å². The second-order valence-corrected chi connectivity index (χ2v) is 5.35. The van der Waals surface area contributed by atoms with Gasteiger partial charge < -0.3 is 5.73 Å². The standard InChI is InChI=1S/C14H22N2/c1-12(2)16(11-14(15)8-9-14)10-13-6-4-3-5-7-13/h3-7,12H,8-11,15H2,1-2H3. The van der Waals surface area contributed by atoms with Crippen molar-refractivity contribution in [2.24, 2.45) is 5.73 Å². The highest BCUT2D eigenvalue weighted by Crippen LogP contribution is 2.33. The van der Waals surface area contributed by atoms with E-state index in [0.717, 1.165) is 13.1 Å². The SMILES string of the molecule is CC(C)N(Cc1ccccc1)CC1(N)CC1. The Morgan fingerprint density at radius 3 is 2.38 bits per heavy atom. The first-order valence-electron chi connectivity index (χ1n) is 6.16. The second-order valence-electron chi connectivity index (χ2n) is 5.35. The van der Waals surface area contributed by atoms with Gasteiger partial charge in [-0.25, -0.2) is 0 Å². The predicted molar refractivity (Wildman–Crippen MR) is 68.1 cm³/mol. The highest BCUT2D eigenvalue weighted by Gasteiger charge is 2.39. The highest BCUT2D eigenvalue weighted by molar-refractivity contribution is 5.15. The van der Waals surface area contributed by atoms with Gasteiger partial charge in [-0.1, -0.05) is 30.3 Å². The van der Waals surface area contributed by atoms with Crippen LogP contribution in [0.25, 0.3) is 0 Å². The van der Waals surface area contributed by atoms with E-state index in [1.807, 2.05) is 0 Å². The molecule has 88 valence electrons. The lowest BCUT2D eigenvalue weighted by Crippen LogP contribution is -2.42. The number of hydrogen-bond acceptors (Lipinski definition) is 2. The van der Waals surface area contributed by atoms with Crippen molar-refractivity contribution in [3.8, 4) is 0 Å². The normalized spacial score (nSPS) is 18.1. The van der Waals surface area contributed by atoms with E-state index in [0.29, 0.717) is 6.04 Å². The lowest BCUT2D eigenvalue weighted by Gasteiger charge is -2.29. The van der Waals surface area contributed by atoms with Gasteiger partial charge in [-0.15, -0.1) is 0 Å². The Balaban J connectivity index is 1.97. The molecule has 0 atom stereocenters. The van der Waals surface area contributed by atoms with Gasteiger partial charge >= 0.3 is 0 Å². The van der Waals surface area contributed by atoms with Crippen molar-refractivity contribution >= 4 is 0 Å². The third-order valence-corrected chi connectivity index (χ3v) is 3.37. The Morgan fingerprint density at radius 1 is 1.25 bits per heavy atom. The molecule has 1 aromatic rings. The molecule has 0 bridgehead atoms. The molecule has 2 N–H and O–H groups in total. The molecule has 2 heteroatoms. The first kappa shape index (κ1) is 11.6. The zero-order valence-corrected chi connectivity index (χ0v) is 10.3. The van der Waals surface area contributed by atoms with Gasteiger partial charge in [-0.2, -0.15) is 0 Å². The van der Waals surface area contributed by atoms with Crippen molar-refractivity contribution in [2.45, 2.75) is 44.8 Å². The first-order chi connectivity index (χ1) is 7.59. The van der Waals surface area contributed by atoms with Crippen LogP contribution in [0.2, 0.25) is 0 Å². The van der Waals surface area contributed by atoms with Crippen LogP contribution in [-0.4, -0.2) is 23.0 Å². The zero-order valence-electron chi connectivity index (χ0n) is 10.3. The lowest BCUT2D eigenvalue weighted by atomic mass is 10.1. The van der Waals surface area contributed by atoms with Crippen LogP contribution in [0.15, 0.2) is 30.3 Å². The van der Waals surface area contributed by atoms with Crippen molar-refractivity contribution < 1.29 is 0 Å². The summed E-state index contributed by atoms with van der Waals surface area (Å²) in [6, 6.07) is 11.2. The van der Waals surface area contributed by atoms with Crippen LogP contribution in [-0.2, 0) is 6.54 Å². The Labute approximate surface area is 98.4 Å². The van der Waals surface area contributed by atoms with Crippen LogP contribution in [0, 0.1) is 0 Å². The van der Waals surface area contributed by atoms with Crippen molar-refractivity contribution in [3.05, 3.63) is 35.9 Å². The van der Waals surface area contributed by atoms with Crippen LogP contribution in [0.4, 0.5) is 0 Å². The molecule has 1 fully saturated rings. The fourth-order valence-corrected chi connectivity index (χ4v) is 1.96. The molecule has 1 aliphatic carbocycles. The van der Waals surface area contributed by atoms with E-state index in [1.165, 1.54) is 18.4 Å². The van der Waals surface area contributed by atoms with E-state index < -0.39 is 0 Å². The van der Waals surface area contributed by atoms with E-state index in [4.69, 9.17) is 5.73 Å². The fourth-order valence-electron chi connectivity index (χ4n) is 1.96. The maximum Gasteiger partial charge on any atom is 0.0285 e. The molecular weight excluding hydrogens is 196 g/mol. The average molecular weight is 218 g/mol. The molecular formula is C14H22N2. The summed E-state index contributed by atoms with van der Waals surface area (Å²) in [6.07, 6.45) is 2.37. The molecule has 2 rings (SSSR count). The van der Waals surface area contributed by atoms with E-state index in [-0.39, 0.29) is 5.54 Å². The van der Waals surface area contributed by atoms with Gasteiger partial charge in [0.05, 0.1) is 0 Å². The van der Waals surface area contributed by atoms with Crippen LogP contribution in [0.3, 0.4) is 0 Å². The molecule has 0 aromatic heterocycles. The van der Waals surface area contributed by atoms with Crippen LogP contribution >= 0.6 is 0 Å². The number of nitrogens with zero attached hydrogens (tertiary/aromatic N) is 1. The number of benzene rings is 1. The third kappa shape index (κ3) is 3.06. The molecule has 1 aromatic carbocycles. The Kier molecular flexibility index (Phi) is 3.31. The summed E-state index contributed by atoms with van der Waals surface area (Å²) in [5.41, 5.74) is 7.68. The van der Waals surface area contributed by atoms with Gasteiger partial charge in [0.2, 0.25) is 0 Å². The number of rotatable bonds is 5. The summed E-state index contributed by atoms with van der Waals surface area (Å²) in [6.45, 7) is 6.53. The molecule has 0 saturated heterocycles. The summed E-state index contributed by atoms with van der Waals surface area (Å²) >= 11 is 0. The minimum atomic E-state index is 0.110. The van der Waals surface area contributed by atoms with Gasteiger partial charge in [-0.3, -0.25) is 4.90 Å². The average Bonchev–Trinajstić information content (AvgIpc) is 2.97. The maximum absolute atomic E-state index is 6.20. The lowest BCUT2D eigenvalue weighted by molar-refractivity contribution is 0.194. The largest absolute Gasteiger partial charge is 0.324 e. The van der Waals surface area contributed by atoms with E-state index >= 15 is 0 Å². The molecule has 0 unspecified atom stereocenters. The fraction of sp³-hybridized carbons (Fsp3) is 0.571. The highest BCUT2D eigenvalue weighted by atomic mass is 15.2. The quantitative estimate of drug-likeness (QED) is 0.822. The Bertz CT molecular complexity index is 328. The molecule has 0 amide bonds. The number of hydrogen-bond donors (Lipinski definition) is 1. The van der Waals surface area contributed by atoms with Gasteiger partial charge in [0.15, 0.2) is 0 Å². The smallest absolute Gasteiger partial charge is 0.0285 e. The number of nitrogens with two attached hydrogens (primary N) is 1. The molecule has 1 saturated carbocycles. The summed E-state index contributed by atoms with van der Waals surface area (Å²) < 4.78 is 0. The van der Waals surface area contributed by atoms with Crippen LogP contribution in [0.5, 0.6) is 0 Å². The Hall–Kier alpha value is -0.860. The summed E-state index contributed by atoms with van der Waals surface area (Å²) in [7, 11) is 0. The van der Waals surface area contributed by atoms with Crippen molar-refractivity contribution in [1.29, 1.82) is 0 Å². The summed E-state index contributed by atoms with van der Waals surface area (Å²) in [5, 5.41) is 0. The molecule has 2 nitrogen and oxygen atoms in total. The molecule has 0 heterocycles. The second kappa shape index (κ2) is 4.56. The van der Waals surface area contributed by atoms with Crippen molar-refractivity contribution in [2.75, 3.05) is 6.54 Å². The minimum Gasteiger partial charge on any atom is -0.324 e. The molecule has 1 aliphatic rings. The van der Waals surface area contributed by atoms with E-state index in [2.05, 4.69) is 49.1 Å². The monoisotopic (exact) mass is 218 g/mol.